The van der Waals surface area contributed by atoms with Gasteiger partial charge in [0.25, 0.3) is 5.91 Å². The number of pyridine rings is 1. The molecule has 20 heavy (non-hydrogen) atoms. The van der Waals surface area contributed by atoms with E-state index in [1.165, 1.54) is 18.6 Å². The number of hydrogen-bond donors (Lipinski definition) is 2. The Hall–Kier alpha value is -2.21. The molecule has 0 radical (unpaired) electrons. The fourth-order valence-corrected chi connectivity index (χ4v) is 2.18. The number of hydrogen-bond acceptors (Lipinski definition) is 4. The van der Waals surface area contributed by atoms with Crippen LogP contribution in [-0.2, 0) is 0 Å². The summed E-state index contributed by atoms with van der Waals surface area (Å²) in [7, 11) is 0. The minimum atomic E-state index is -0.338. The Kier molecular flexibility index (Phi) is 4.47. The van der Waals surface area contributed by atoms with Gasteiger partial charge in [0.05, 0.1) is 10.7 Å². The zero-order valence-electron chi connectivity index (χ0n) is 10.7. The average Bonchev–Trinajstić information content (AvgIpc) is 2.44. The monoisotopic (exact) mass is 333 g/mol. The molecule has 0 atom stereocenters. The first-order valence-electron chi connectivity index (χ1n) is 5.80. The van der Waals surface area contributed by atoms with E-state index in [-0.39, 0.29) is 11.7 Å². The highest BCUT2D eigenvalue weighted by molar-refractivity contribution is 9.10. The zero-order chi connectivity index (χ0) is 14.5. The number of rotatable bonds is 3. The Morgan fingerprint density at radius 3 is 2.80 bits per heavy atom. The predicted octanol–water partition coefficient (Wildman–Crippen LogP) is 2.62. The molecule has 1 amide bonds. The van der Waals surface area contributed by atoms with E-state index in [4.69, 9.17) is 0 Å². The molecule has 2 N–H and O–H groups in total. The van der Waals surface area contributed by atoms with Crippen molar-refractivity contribution < 1.29 is 9.90 Å². The lowest BCUT2D eigenvalue weighted by Gasteiger charge is -2.03. The van der Waals surface area contributed by atoms with E-state index >= 15 is 0 Å². The second-order valence-corrected chi connectivity index (χ2v) is 4.97. The number of benzene rings is 1. The fourth-order valence-electron chi connectivity index (χ4n) is 1.59. The lowest BCUT2D eigenvalue weighted by atomic mass is 10.1. The van der Waals surface area contributed by atoms with Crippen LogP contribution in [0, 0.1) is 6.92 Å². The number of nitrogens with zero attached hydrogens (tertiary/aromatic N) is 2. The van der Waals surface area contributed by atoms with Crippen molar-refractivity contribution in [2.75, 3.05) is 0 Å². The van der Waals surface area contributed by atoms with Gasteiger partial charge in [-0.15, -0.1) is 0 Å². The molecule has 0 aliphatic heterocycles. The number of carbonyl (C=O) groups excluding carboxylic acids is 1. The number of phenolic OH excluding ortho intramolecular Hbond substituents is 1. The molecule has 0 aliphatic carbocycles. The van der Waals surface area contributed by atoms with Gasteiger partial charge in [0, 0.05) is 23.5 Å². The van der Waals surface area contributed by atoms with E-state index in [1.807, 2.05) is 6.92 Å². The van der Waals surface area contributed by atoms with Crippen molar-refractivity contribution in [3.8, 4) is 5.75 Å². The highest BCUT2D eigenvalue weighted by Gasteiger charge is 2.05. The number of hydrazone groups is 1. The molecule has 102 valence electrons. The normalized spacial score (nSPS) is 10.7. The van der Waals surface area contributed by atoms with Crippen molar-refractivity contribution in [3.05, 3.63) is 57.8 Å². The van der Waals surface area contributed by atoms with Crippen LogP contribution < -0.4 is 5.43 Å². The quantitative estimate of drug-likeness (QED) is 0.669. The lowest BCUT2D eigenvalue weighted by Crippen LogP contribution is -2.17. The minimum Gasteiger partial charge on any atom is -0.506 e. The van der Waals surface area contributed by atoms with Gasteiger partial charge in [0.1, 0.15) is 5.75 Å². The van der Waals surface area contributed by atoms with E-state index < -0.39 is 0 Å². The van der Waals surface area contributed by atoms with Gasteiger partial charge in [-0.05, 0) is 52.7 Å². The van der Waals surface area contributed by atoms with Crippen LogP contribution in [0.15, 0.2) is 46.2 Å². The highest BCUT2D eigenvalue weighted by Crippen LogP contribution is 2.28. The lowest BCUT2D eigenvalue weighted by molar-refractivity contribution is 0.0955. The van der Waals surface area contributed by atoms with Crippen LogP contribution in [0.25, 0.3) is 0 Å². The molecular formula is C14H12BrN3O2. The maximum Gasteiger partial charge on any atom is 0.271 e. The van der Waals surface area contributed by atoms with Gasteiger partial charge < -0.3 is 5.11 Å². The number of halogens is 1. The summed E-state index contributed by atoms with van der Waals surface area (Å²) >= 11 is 3.25. The molecule has 1 aromatic carbocycles. The molecule has 0 spiro atoms. The molecule has 1 heterocycles. The minimum absolute atomic E-state index is 0.0810. The number of aryl methyl sites for hydroxylation is 1. The number of aromatic nitrogens is 1. The summed E-state index contributed by atoms with van der Waals surface area (Å²) in [5, 5.41) is 13.7. The van der Waals surface area contributed by atoms with Crippen molar-refractivity contribution in [2.24, 2.45) is 5.10 Å². The summed E-state index contributed by atoms with van der Waals surface area (Å²) in [6.45, 7) is 1.90. The standard InChI is InChI=1S/C14H12BrN3O2/c1-9-6-11(13(19)12(15)7-9)8-17-18-14(20)10-2-4-16-5-3-10/h2-8,19H,1H3,(H,18,20)/b17-8+. The van der Waals surface area contributed by atoms with Crippen molar-refractivity contribution in [3.63, 3.8) is 0 Å². The number of aromatic hydroxyl groups is 1. The number of amides is 1. The summed E-state index contributed by atoms with van der Waals surface area (Å²) < 4.78 is 0.583. The molecule has 5 nitrogen and oxygen atoms in total. The van der Waals surface area contributed by atoms with Gasteiger partial charge in [-0.1, -0.05) is 0 Å². The molecule has 1 aromatic heterocycles. The Morgan fingerprint density at radius 2 is 2.10 bits per heavy atom. The first-order valence-corrected chi connectivity index (χ1v) is 6.60. The molecule has 0 saturated carbocycles. The van der Waals surface area contributed by atoms with Gasteiger partial charge in [-0.2, -0.15) is 5.10 Å². The average molecular weight is 334 g/mol. The Labute approximate surface area is 124 Å². The third kappa shape index (κ3) is 3.42. The van der Waals surface area contributed by atoms with Crippen molar-refractivity contribution in [1.82, 2.24) is 10.4 Å². The third-order valence-electron chi connectivity index (χ3n) is 2.55. The summed E-state index contributed by atoms with van der Waals surface area (Å²) in [4.78, 5) is 15.6. The fraction of sp³-hybridized carbons (Fsp3) is 0.0714. The van der Waals surface area contributed by atoms with Crippen molar-refractivity contribution >= 4 is 28.1 Å². The van der Waals surface area contributed by atoms with Crippen LogP contribution in [0.3, 0.4) is 0 Å². The smallest absolute Gasteiger partial charge is 0.271 e. The zero-order valence-corrected chi connectivity index (χ0v) is 12.3. The summed E-state index contributed by atoms with van der Waals surface area (Å²) in [5.74, 6) is -0.257. The van der Waals surface area contributed by atoms with Crippen LogP contribution >= 0.6 is 15.9 Å². The summed E-state index contributed by atoms with van der Waals surface area (Å²) in [6.07, 6.45) is 4.45. The largest absolute Gasteiger partial charge is 0.506 e. The van der Waals surface area contributed by atoms with E-state index in [2.05, 4.69) is 31.4 Å². The van der Waals surface area contributed by atoms with Crippen LogP contribution in [0.2, 0.25) is 0 Å². The molecule has 0 unspecified atom stereocenters. The second kappa shape index (κ2) is 6.29. The number of carbonyl (C=O) groups is 1. The maximum absolute atomic E-state index is 11.7. The van der Waals surface area contributed by atoms with Crippen molar-refractivity contribution in [2.45, 2.75) is 6.92 Å². The van der Waals surface area contributed by atoms with Gasteiger partial charge in [0.2, 0.25) is 0 Å². The second-order valence-electron chi connectivity index (χ2n) is 4.12. The maximum atomic E-state index is 11.7. The molecular weight excluding hydrogens is 322 g/mol. The first kappa shape index (κ1) is 14.2. The molecule has 2 aromatic rings. The summed E-state index contributed by atoms with van der Waals surface area (Å²) in [6, 6.07) is 6.74. The predicted molar refractivity (Wildman–Crippen MR) is 79.8 cm³/mol. The van der Waals surface area contributed by atoms with Gasteiger partial charge in [0.15, 0.2) is 0 Å². The topological polar surface area (TPSA) is 74.6 Å². The molecule has 6 heteroatoms. The van der Waals surface area contributed by atoms with E-state index in [1.54, 1.807) is 24.3 Å². The van der Waals surface area contributed by atoms with Gasteiger partial charge in [-0.3, -0.25) is 9.78 Å². The highest BCUT2D eigenvalue weighted by atomic mass is 79.9. The third-order valence-corrected chi connectivity index (χ3v) is 3.15. The molecule has 2 rings (SSSR count). The van der Waals surface area contributed by atoms with Crippen LogP contribution in [0.5, 0.6) is 5.75 Å². The molecule has 0 aliphatic rings. The van der Waals surface area contributed by atoms with Gasteiger partial charge in [-0.25, -0.2) is 5.43 Å². The molecule has 0 fully saturated rings. The number of nitrogens with one attached hydrogen (secondary N) is 1. The van der Waals surface area contributed by atoms with Crippen molar-refractivity contribution in [1.29, 1.82) is 0 Å². The SMILES string of the molecule is Cc1cc(Br)c(O)c(/C=N/NC(=O)c2ccncc2)c1. The van der Waals surface area contributed by atoms with E-state index in [0.717, 1.165) is 5.56 Å². The Bertz CT molecular complexity index is 657. The summed E-state index contributed by atoms with van der Waals surface area (Å²) in [5.41, 5.74) is 4.34. The van der Waals surface area contributed by atoms with Crippen LogP contribution in [0.1, 0.15) is 21.5 Å². The Balaban J connectivity index is 2.10. The first-order chi connectivity index (χ1) is 9.58. The van der Waals surface area contributed by atoms with E-state index in [9.17, 15) is 9.90 Å². The Morgan fingerprint density at radius 1 is 1.40 bits per heavy atom. The molecule has 0 saturated heterocycles. The molecule has 0 bridgehead atoms. The van der Waals surface area contributed by atoms with Crippen LogP contribution in [0.4, 0.5) is 0 Å². The van der Waals surface area contributed by atoms with Gasteiger partial charge >= 0.3 is 0 Å². The van der Waals surface area contributed by atoms with Crippen LogP contribution in [-0.4, -0.2) is 22.2 Å². The number of phenols is 1. The van der Waals surface area contributed by atoms with E-state index in [0.29, 0.717) is 15.6 Å².